The first-order valence-corrected chi connectivity index (χ1v) is 12.8. The maximum Gasteiger partial charge on any atom is 0.244 e. The Morgan fingerprint density at radius 1 is 1.00 bits per heavy atom. The van der Waals surface area contributed by atoms with Crippen LogP contribution in [-0.4, -0.2) is 34.5 Å². The van der Waals surface area contributed by atoms with Crippen molar-refractivity contribution in [3.63, 3.8) is 0 Å². The van der Waals surface area contributed by atoms with Crippen molar-refractivity contribution in [2.45, 2.75) is 28.0 Å². The van der Waals surface area contributed by atoms with E-state index in [0.29, 0.717) is 18.7 Å². The number of rotatable bonds is 8. The number of anilines is 3. The summed E-state index contributed by atoms with van der Waals surface area (Å²) in [6.45, 7) is 2.27. The van der Waals surface area contributed by atoms with Crippen molar-refractivity contribution < 1.29 is 17.9 Å². The Bertz CT molecular complexity index is 1230. The van der Waals surface area contributed by atoms with Gasteiger partial charge in [-0.05, 0) is 48.9 Å². The van der Waals surface area contributed by atoms with Gasteiger partial charge in [-0.3, -0.25) is 4.79 Å². The molecule has 1 heterocycles. The summed E-state index contributed by atoms with van der Waals surface area (Å²) in [7, 11) is -2.42. The van der Waals surface area contributed by atoms with Gasteiger partial charge in [-0.25, -0.2) is 13.1 Å². The third-order valence-corrected chi connectivity index (χ3v) is 7.77. The molecule has 4 rings (SSSR count). The first-order valence-electron chi connectivity index (χ1n) is 10.5. The number of amides is 1. The van der Waals surface area contributed by atoms with Crippen molar-refractivity contribution in [3.8, 4) is 5.75 Å². The number of benzene rings is 3. The van der Waals surface area contributed by atoms with Crippen LogP contribution >= 0.6 is 11.8 Å². The van der Waals surface area contributed by atoms with Gasteiger partial charge in [0.15, 0.2) is 0 Å². The van der Waals surface area contributed by atoms with E-state index in [2.05, 4.69) is 39.2 Å². The number of methoxy groups -OCH3 is 1. The molecule has 0 aromatic heterocycles. The Kier molecular flexibility index (Phi) is 6.92. The van der Waals surface area contributed by atoms with E-state index in [1.54, 1.807) is 17.8 Å². The summed E-state index contributed by atoms with van der Waals surface area (Å²) in [6.07, 6.45) is 0.597. The van der Waals surface area contributed by atoms with Crippen LogP contribution in [0.2, 0.25) is 0 Å². The zero-order valence-corrected chi connectivity index (χ0v) is 20.0. The maximum atomic E-state index is 13.0. The van der Waals surface area contributed by atoms with Crippen LogP contribution in [-0.2, 0) is 14.8 Å². The number of nitrogens with one attached hydrogen (secondary N) is 2. The van der Waals surface area contributed by atoms with E-state index in [1.165, 1.54) is 36.0 Å². The minimum atomic E-state index is -3.83. The highest BCUT2D eigenvalue weighted by Gasteiger charge is 2.23. The SMILES string of the molecule is COc1ccc(NC(C)=O)cc1S(=O)(=O)NCCCN1c2ccccc2Sc2ccccc21. The Morgan fingerprint density at radius 3 is 2.24 bits per heavy atom. The predicted molar refractivity (Wildman–Crippen MR) is 131 cm³/mol. The molecule has 172 valence electrons. The molecule has 9 heteroatoms. The summed E-state index contributed by atoms with van der Waals surface area (Å²) in [5.41, 5.74) is 2.63. The minimum Gasteiger partial charge on any atom is -0.495 e. The van der Waals surface area contributed by atoms with E-state index < -0.39 is 10.0 Å². The van der Waals surface area contributed by atoms with E-state index in [1.807, 2.05) is 24.3 Å². The normalized spacial score (nSPS) is 12.6. The van der Waals surface area contributed by atoms with Gasteiger partial charge in [0, 0.05) is 35.5 Å². The molecule has 0 bridgehead atoms. The molecule has 7 nitrogen and oxygen atoms in total. The lowest BCUT2D eigenvalue weighted by Gasteiger charge is -2.32. The standard InChI is InChI=1S/C24H25N3O4S2/c1-17(28)26-18-12-13-21(31-2)24(16-18)33(29,30)25-14-7-15-27-19-8-3-5-10-22(19)32-23-11-6-4-9-20(23)27/h3-6,8-13,16,25H,7,14-15H2,1-2H3,(H,26,28). The Balaban J connectivity index is 1.47. The number of para-hydroxylation sites is 2. The third-order valence-electron chi connectivity index (χ3n) is 5.16. The molecule has 0 fully saturated rings. The molecule has 3 aromatic carbocycles. The molecule has 2 N–H and O–H groups in total. The van der Waals surface area contributed by atoms with Gasteiger partial charge in [-0.2, -0.15) is 0 Å². The first kappa shape index (κ1) is 23.2. The first-order chi connectivity index (χ1) is 15.9. The lowest BCUT2D eigenvalue weighted by molar-refractivity contribution is -0.114. The topological polar surface area (TPSA) is 87.7 Å². The number of nitrogens with zero attached hydrogens (tertiary/aromatic N) is 1. The summed E-state index contributed by atoms with van der Waals surface area (Å²) in [4.78, 5) is 15.9. The molecule has 1 aliphatic heterocycles. The van der Waals surface area contributed by atoms with Crippen molar-refractivity contribution in [1.82, 2.24) is 4.72 Å². The number of sulfonamides is 1. The molecule has 0 aliphatic carbocycles. The quantitative estimate of drug-likeness (QED) is 0.455. The summed E-state index contributed by atoms with van der Waals surface area (Å²) in [5.74, 6) is -0.0655. The van der Waals surface area contributed by atoms with Crippen LogP contribution in [0.1, 0.15) is 13.3 Å². The van der Waals surface area contributed by atoms with Gasteiger partial charge in [-0.15, -0.1) is 0 Å². The van der Waals surface area contributed by atoms with Gasteiger partial charge < -0.3 is 15.0 Å². The average Bonchev–Trinajstić information content (AvgIpc) is 2.80. The zero-order valence-electron chi connectivity index (χ0n) is 18.4. The number of carbonyl (C=O) groups is 1. The average molecular weight is 484 g/mol. The molecule has 0 atom stereocenters. The molecule has 0 saturated heterocycles. The van der Waals surface area contributed by atoms with Crippen molar-refractivity contribution in [1.29, 1.82) is 0 Å². The molecule has 0 radical (unpaired) electrons. The second-order valence-electron chi connectivity index (χ2n) is 7.49. The monoisotopic (exact) mass is 483 g/mol. The van der Waals surface area contributed by atoms with E-state index in [0.717, 1.165) is 11.4 Å². The number of hydrogen-bond donors (Lipinski definition) is 2. The number of carbonyl (C=O) groups excluding carboxylic acids is 1. The van der Waals surface area contributed by atoms with Gasteiger partial charge in [0.25, 0.3) is 0 Å². The fourth-order valence-corrected chi connectivity index (χ4v) is 6.07. The molecule has 1 amide bonds. The van der Waals surface area contributed by atoms with Crippen LogP contribution in [0.25, 0.3) is 0 Å². The van der Waals surface area contributed by atoms with Gasteiger partial charge in [0.05, 0.1) is 18.5 Å². The van der Waals surface area contributed by atoms with Crippen LogP contribution < -0.4 is 19.7 Å². The molecule has 0 saturated carbocycles. The fourth-order valence-electron chi connectivity index (χ4n) is 3.71. The predicted octanol–water partition coefficient (Wildman–Crippen LogP) is 4.62. The van der Waals surface area contributed by atoms with Crippen LogP contribution in [0.5, 0.6) is 5.75 Å². The van der Waals surface area contributed by atoms with Crippen LogP contribution in [0, 0.1) is 0 Å². The van der Waals surface area contributed by atoms with Crippen LogP contribution in [0.3, 0.4) is 0 Å². The lowest BCUT2D eigenvalue weighted by Crippen LogP contribution is -2.29. The molecule has 1 aliphatic rings. The Hall–Kier alpha value is -3.01. The number of hydrogen-bond acceptors (Lipinski definition) is 6. The molecule has 3 aromatic rings. The highest BCUT2D eigenvalue weighted by atomic mass is 32.2. The minimum absolute atomic E-state index is 0.0127. The van der Waals surface area contributed by atoms with Gasteiger partial charge >= 0.3 is 0 Å². The van der Waals surface area contributed by atoms with E-state index in [4.69, 9.17) is 4.74 Å². The molecular formula is C24H25N3O4S2. The van der Waals surface area contributed by atoms with Gasteiger partial charge in [-0.1, -0.05) is 36.0 Å². The number of fused-ring (bicyclic) bond motifs is 2. The van der Waals surface area contributed by atoms with Crippen molar-refractivity contribution >= 4 is 44.8 Å². The molecular weight excluding hydrogens is 458 g/mol. The summed E-state index contributed by atoms with van der Waals surface area (Å²) in [5, 5.41) is 2.60. The Labute approximate surface area is 198 Å². The van der Waals surface area contributed by atoms with Crippen molar-refractivity contribution in [2.24, 2.45) is 0 Å². The maximum absolute atomic E-state index is 13.0. The van der Waals surface area contributed by atoms with Gasteiger partial charge in [0.2, 0.25) is 15.9 Å². The van der Waals surface area contributed by atoms with Crippen molar-refractivity contribution in [3.05, 3.63) is 66.7 Å². The largest absolute Gasteiger partial charge is 0.495 e. The summed E-state index contributed by atoms with van der Waals surface area (Å²) in [6, 6.07) is 21.0. The summed E-state index contributed by atoms with van der Waals surface area (Å²) >= 11 is 1.74. The molecule has 33 heavy (non-hydrogen) atoms. The second-order valence-corrected chi connectivity index (χ2v) is 10.3. The summed E-state index contributed by atoms with van der Waals surface area (Å²) < 4.78 is 33.8. The van der Waals surface area contributed by atoms with Crippen LogP contribution in [0.4, 0.5) is 17.1 Å². The van der Waals surface area contributed by atoms with Gasteiger partial charge in [0.1, 0.15) is 10.6 Å². The molecule has 0 unspecified atom stereocenters. The molecule has 0 spiro atoms. The Morgan fingerprint density at radius 2 is 1.64 bits per heavy atom. The highest BCUT2D eigenvalue weighted by molar-refractivity contribution is 7.99. The van der Waals surface area contributed by atoms with E-state index >= 15 is 0 Å². The van der Waals surface area contributed by atoms with E-state index in [-0.39, 0.29) is 23.1 Å². The van der Waals surface area contributed by atoms with E-state index in [9.17, 15) is 13.2 Å². The lowest BCUT2D eigenvalue weighted by atomic mass is 10.2. The zero-order chi connectivity index (χ0) is 23.4. The second kappa shape index (κ2) is 9.86. The highest BCUT2D eigenvalue weighted by Crippen LogP contribution is 2.47. The third kappa shape index (κ3) is 5.16. The number of ether oxygens (including phenoxy) is 1. The fraction of sp³-hybridized carbons (Fsp3) is 0.208. The van der Waals surface area contributed by atoms with Crippen molar-refractivity contribution in [2.75, 3.05) is 30.4 Å². The van der Waals surface area contributed by atoms with Crippen LogP contribution in [0.15, 0.2) is 81.4 Å². The smallest absolute Gasteiger partial charge is 0.244 e.